The molecule has 1 aromatic carbocycles. The van der Waals surface area contributed by atoms with Crippen molar-refractivity contribution in [1.82, 2.24) is 4.90 Å². The molecule has 1 aliphatic rings. The summed E-state index contributed by atoms with van der Waals surface area (Å²) >= 11 is 5.39. The van der Waals surface area contributed by atoms with Gasteiger partial charge in [0.25, 0.3) is 0 Å². The minimum atomic E-state index is -0.283. The molecule has 1 saturated heterocycles. The summed E-state index contributed by atoms with van der Waals surface area (Å²) in [5.41, 5.74) is 1.67. The van der Waals surface area contributed by atoms with Gasteiger partial charge in [0, 0.05) is 12.2 Å². The largest absolute Gasteiger partial charge is 0.448 e. The van der Waals surface area contributed by atoms with Crippen molar-refractivity contribution < 1.29 is 14.3 Å². The van der Waals surface area contributed by atoms with Gasteiger partial charge in [0.2, 0.25) is 5.91 Å². The van der Waals surface area contributed by atoms with Gasteiger partial charge >= 0.3 is 6.09 Å². The van der Waals surface area contributed by atoms with Crippen LogP contribution in [0.1, 0.15) is 5.56 Å². The summed E-state index contributed by atoms with van der Waals surface area (Å²) in [5, 5.41) is 2.65. The van der Waals surface area contributed by atoms with Gasteiger partial charge < -0.3 is 15.0 Å². The average molecular weight is 269 g/mol. The Hall–Kier alpha value is -1.75. The van der Waals surface area contributed by atoms with E-state index in [9.17, 15) is 9.59 Å². The van der Waals surface area contributed by atoms with Crippen molar-refractivity contribution >= 4 is 29.3 Å². The minimum absolute atomic E-state index is 0.0681. The third-order valence-electron chi connectivity index (χ3n) is 2.58. The maximum absolute atomic E-state index is 11.3. The number of ether oxygens (including phenoxy) is 1. The third-order valence-corrected chi connectivity index (χ3v) is 2.82. The van der Waals surface area contributed by atoms with Crippen LogP contribution in [-0.2, 0) is 16.1 Å². The SMILES string of the molecule is O=C(CCl)Nc1ccc(CN2CCOC2=O)cc1. The van der Waals surface area contributed by atoms with E-state index in [-0.39, 0.29) is 17.9 Å². The maximum atomic E-state index is 11.3. The number of benzene rings is 1. The third kappa shape index (κ3) is 3.13. The number of halogens is 1. The van der Waals surface area contributed by atoms with Crippen LogP contribution in [0.2, 0.25) is 0 Å². The lowest BCUT2D eigenvalue weighted by atomic mass is 10.2. The number of carbonyl (C=O) groups is 2. The summed E-state index contributed by atoms with van der Waals surface area (Å²) in [6.07, 6.45) is -0.283. The number of amides is 2. The number of cyclic esters (lactones) is 1. The van der Waals surface area contributed by atoms with Gasteiger partial charge in [0.15, 0.2) is 0 Å². The highest BCUT2D eigenvalue weighted by Gasteiger charge is 2.21. The first-order valence-corrected chi connectivity index (χ1v) is 6.09. The van der Waals surface area contributed by atoms with Crippen molar-refractivity contribution in [2.75, 3.05) is 24.3 Å². The highest BCUT2D eigenvalue weighted by Crippen LogP contribution is 2.14. The Bertz CT molecular complexity index is 447. The van der Waals surface area contributed by atoms with Gasteiger partial charge in [0.05, 0.1) is 6.54 Å². The lowest BCUT2D eigenvalue weighted by Gasteiger charge is -2.12. The first-order valence-electron chi connectivity index (χ1n) is 5.55. The van der Waals surface area contributed by atoms with Crippen LogP contribution in [0.15, 0.2) is 24.3 Å². The van der Waals surface area contributed by atoms with Crippen molar-refractivity contribution in [3.8, 4) is 0 Å². The summed E-state index contributed by atoms with van der Waals surface area (Å²) in [6, 6.07) is 7.27. The smallest absolute Gasteiger partial charge is 0.410 e. The fourth-order valence-corrected chi connectivity index (χ4v) is 1.74. The van der Waals surface area contributed by atoms with Crippen LogP contribution in [-0.4, -0.2) is 35.9 Å². The fourth-order valence-electron chi connectivity index (χ4n) is 1.68. The molecule has 0 aromatic heterocycles. The van der Waals surface area contributed by atoms with Crippen molar-refractivity contribution in [3.63, 3.8) is 0 Å². The molecule has 0 aliphatic carbocycles. The molecule has 2 rings (SSSR count). The summed E-state index contributed by atoms with van der Waals surface area (Å²) in [7, 11) is 0. The van der Waals surface area contributed by atoms with Gasteiger partial charge in [-0.25, -0.2) is 4.79 Å². The number of alkyl halides is 1. The monoisotopic (exact) mass is 268 g/mol. The van der Waals surface area contributed by atoms with E-state index in [0.29, 0.717) is 25.4 Å². The highest BCUT2D eigenvalue weighted by molar-refractivity contribution is 6.29. The second-order valence-corrected chi connectivity index (χ2v) is 4.18. The second-order valence-electron chi connectivity index (χ2n) is 3.91. The number of hydrogen-bond acceptors (Lipinski definition) is 3. The van der Waals surface area contributed by atoms with E-state index in [1.54, 1.807) is 17.0 Å². The van der Waals surface area contributed by atoms with Crippen molar-refractivity contribution in [2.24, 2.45) is 0 Å². The van der Waals surface area contributed by atoms with Gasteiger partial charge in [-0.3, -0.25) is 4.79 Å². The molecule has 0 saturated carbocycles. The topological polar surface area (TPSA) is 58.6 Å². The predicted octanol–water partition coefficient (Wildman–Crippen LogP) is 1.82. The quantitative estimate of drug-likeness (QED) is 0.848. The van der Waals surface area contributed by atoms with Crippen LogP contribution in [0.5, 0.6) is 0 Å². The molecular formula is C12H13ClN2O3. The van der Waals surface area contributed by atoms with Crippen LogP contribution in [0, 0.1) is 0 Å². The molecule has 2 amide bonds. The molecule has 6 heteroatoms. The second kappa shape index (κ2) is 5.73. The Balaban J connectivity index is 1.95. The van der Waals surface area contributed by atoms with E-state index in [0.717, 1.165) is 5.56 Å². The molecule has 0 bridgehead atoms. The van der Waals surface area contributed by atoms with E-state index >= 15 is 0 Å². The van der Waals surface area contributed by atoms with E-state index < -0.39 is 0 Å². The molecule has 1 heterocycles. The van der Waals surface area contributed by atoms with Crippen molar-refractivity contribution in [2.45, 2.75) is 6.54 Å². The molecule has 1 fully saturated rings. The molecule has 0 radical (unpaired) electrons. The lowest BCUT2D eigenvalue weighted by Crippen LogP contribution is -2.23. The van der Waals surface area contributed by atoms with Crippen LogP contribution < -0.4 is 5.32 Å². The van der Waals surface area contributed by atoms with E-state index in [1.165, 1.54) is 0 Å². The zero-order valence-corrected chi connectivity index (χ0v) is 10.4. The fraction of sp³-hybridized carbons (Fsp3) is 0.333. The Labute approximate surface area is 110 Å². The highest BCUT2D eigenvalue weighted by atomic mass is 35.5. The molecule has 18 heavy (non-hydrogen) atoms. The molecule has 5 nitrogen and oxygen atoms in total. The molecule has 96 valence electrons. The Kier molecular flexibility index (Phi) is 4.04. The molecule has 0 spiro atoms. The van der Waals surface area contributed by atoms with Gasteiger partial charge in [-0.1, -0.05) is 12.1 Å². The number of rotatable bonds is 4. The molecule has 1 N–H and O–H groups in total. The van der Waals surface area contributed by atoms with Crippen LogP contribution in [0.4, 0.5) is 10.5 Å². The molecule has 1 aliphatic heterocycles. The average Bonchev–Trinajstić information content (AvgIpc) is 2.77. The minimum Gasteiger partial charge on any atom is -0.448 e. The summed E-state index contributed by atoms with van der Waals surface area (Å²) in [4.78, 5) is 24.0. The molecule has 1 aromatic rings. The number of carbonyl (C=O) groups excluding carboxylic acids is 2. The number of anilines is 1. The molecule has 0 unspecified atom stereocenters. The van der Waals surface area contributed by atoms with Crippen molar-refractivity contribution in [1.29, 1.82) is 0 Å². The Morgan fingerprint density at radius 2 is 2.11 bits per heavy atom. The lowest BCUT2D eigenvalue weighted by molar-refractivity contribution is -0.113. The van der Waals surface area contributed by atoms with E-state index in [1.807, 2.05) is 12.1 Å². The molecule has 0 atom stereocenters. The van der Waals surface area contributed by atoms with Crippen LogP contribution in [0.3, 0.4) is 0 Å². The Morgan fingerprint density at radius 3 is 2.67 bits per heavy atom. The van der Waals surface area contributed by atoms with Gasteiger partial charge in [-0.2, -0.15) is 0 Å². The number of nitrogens with one attached hydrogen (secondary N) is 1. The van der Waals surface area contributed by atoms with Gasteiger partial charge in [-0.05, 0) is 17.7 Å². The zero-order valence-electron chi connectivity index (χ0n) is 9.69. The Morgan fingerprint density at radius 1 is 1.39 bits per heavy atom. The van der Waals surface area contributed by atoms with E-state index in [4.69, 9.17) is 16.3 Å². The van der Waals surface area contributed by atoms with Crippen molar-refractivity contribution in [3.05, 3.63) is 29.8 Å². The van der Waals surface area contributed by atoms with Gasteiger partial charge in [-0.15, -0.1) is 11.6 Å². The molecular weight excluding hydrogens is 256 g/mol. The first kappa shape index (κ1) is 12.7. The standard InChI is InChI=1S/C12H13ClN2O3/c13-7-11(16)14-10-3-1-9(2-4-10)8-15-5-6-18-12(15)17/h1-4H,5-8H2,(H,14,16). The van der Waals surface area contributed by atoms with E-state index in [2.05, 4.69) is 5.32 Å². The van der Waals surface area contributed by atoms with Crippen LogP contribution >= 0.6 is 11.6 Å². The predicted molar refractivity (Wildman–Crippen MR) is 67.5 cm³/mol. The summed E-state index contributed by atoms with van der Waals surface area (Å²) in [5.74, 6) is -0.311. The zero-order chi connectivity index (χ0) is 13.0. The summed E-state index contributed by atoms with van der Waals surface area (Å²) < 4.78 is 4.84. The normalized spacial score (nSPS) is 14.5. The maximum Gasteiger partial charge on any atom is 0.410 e. The number of hydrogen-bond donors (Lipinski definition) is 1. The number of nitrogens with zero attached hydrogens (tertiary/aromatic N) is 1. The summed E-state index contributed by atoms with van der Waals surface area (Å²) in [6.45, 7) is 1.58. The van der Waals surface area contributed by atoms with Gasteiger partial charge in [0.1, 0.15) is 12.5 Å². The van der Waals surface area contributed by atoms with Crippen LogP contribution in [0.25, 0.3) is 0 Å². The first-order chi connectivity index (χ1) is 8.69.